The molecule has 1 N–H and O–H groups in total. The van der Waals surface area contributed by atoms with Gasteiger partial charge in [-0.3, -0.25) is 9.59 Å². The Morgan fingerprint density at radius 1 is 1.48 bits per heavy atom. The summed E-state index contributed by atoms with van der Waals surface area (Å²) in [7, 11) is 1.72. The first-order valence-electron chi connectivity index (χ1n) is 7.92. The molecule has 1 saturated heterocycles. The maximum Gasteiger partial charge on any atom is 0.243 e. The number of hydrogen-bond acceptors (Lipinski definition) is 3. The molecular formula is C16H28N2O3. The smallest absolute Gasteiger partial charge is 0.243 e. The number of likely N-dealkylation sites (tertiary alicyclic amines) is 1. The van der Waals surface area contributed by atoms with E-state index in [4.69, 9.17) is 4.74 Å². The van der Waals surface area contributed by atoms with Crippen LogP contribution in [0.1, 0.15) is 53.4 Å². The maximum absolute atomic E-state index is 12.6. The van der Waals surface area contributed by atoms with E-state index in [1.165, 1.54) is 0 Å². The molecule has 1 saturated carbocycles. The number of ether oxygens (including phenoxy) is 1. The molecule has 120 valence electrons. The van der Waals surface area contributed by atoms with Gasteiger partial charge >= 0.3 is 0 Å². The molecule has 0 aromatic heterocycles. The molecule has 0 aromatic carbocycles. The van der Waals surface area contributed by atoms with Crippen molar-refractivity contribution in [1.82, 2.24) is 10.2 Å². The summed E-state index contributed by atoms with van der Waals surface area (Å²) in [4.78, 5) is 26.1. The highest BCUT2D eigenvalue weighted by atomic mass is 16.5. The van der Waals surface area contributed by atoms with Crippen LogP contribution in [0.5, 0.6) is 0 Å². The maximum atomic E-state index is 12.6. The topological polar surface area (TPSA) is 58.6 Å². The molecule has 0 bridgehead atoms. The molecule has 0 unspecified atom stereocenters. The molecule has 5 heteroatoms. The summed E-state index contributed by atoms with van der Waals surface area (Å²) >= 11 is 0. The third-order valence-corrected chi connectivity index (χ3v) is 5.77. The van der Waals surface area contributed by atoms with Gasteiger partial charge in [-0.25, -0.2) is 0 Å². The molecule has 0 spiro atoms. The Balaban J connectivity index is 2.00. The lowest BCUT2D eigenvalue weighted by Crippen LogP contribution is -2.69. The van der Waals surface area contributed by atoms with Gasteiger partial charge in [-0.2, -0.15) is 0 Å². The number of rotatable bonds is 5. The zero-order valence-corrected chi connectivity index (χ0v) is 13.9. The fourth-order valence-electron chi connectivity index (χ4n) is 3.54. The second-order valence-electron chi connectivity index (χ2n) is 7.04. The van der Waals surface area contributed by atoms with Crippen molar-refractivity contribution in [1.29, 1.82) is 0 Å². The highest BCUT2D eigenvalue weighted by molar-refractivity contribution is 5.88. The van der Waals surface area contributed by atoms with Gasteiger partial charge in [0.2, 0.25) is 11.8 Å². The van der Waals surface area contributed by atoms with Gasteiger partial charge in [0, 0.05) is 31.5 Å². The second-order valence-corrected chi connectivity index (χ2v) is 7.04. The minimum atomic E-state index is -0.329. The Hall–Kier alpha value is -1.10. The number of nitrogens with zero attached hydrogens (tertiary/aromatic N) is 1. The van der Waals surface area contributed by atoms with Crippen LogP contribution in [0.4, 0.5) is 0 Å². The third-order valence-electron chi connectivity index (χ3n) is 5.77. The van der Waals surface area contributed by atoms with Gasteiger partial charge in [-0.05, 0) is 26.2 Å². The zero-order valence-electron chi connectivity index (χ0n) is 13.9. The van der Waals surface area contributed by atoms with Crippen LogP contribution < -0.4 is 5.32 Å². The highest BCUT2D eigenvalue weighted by Gasteiger charge is 2.58. The predicted octanol–water partition coefficient (Wildman–Crippen LogP) is 1.71. The van der Waals surface area contributed by atoms with Gasteiger partial charge in [0.15, 0.2) is 0 Å². The van der Waals surface area contributed by atoms with Crippen LogP contribution in [0.2, 0.25) is 0 Å². The Bertz CT molecular complexity index is 435. The minimum absolute atomic E-state index is 0.0241. The van der Waals surface area contributed by atoms with Gasteiger partial charge in [-0.1, -0.05) is 20.8 Å². The summed E-state index contributed by atoms with van der Waals surface area (Å²) in [5.74, 6) is 0.0792. The molecule has 1 aliphatic carbocycles. The van der Waals surface area contributed by atoms with E-state index in [2.05, 4.69) is 26.1 Å². The molecule has 1 heterocycles. The Labute approximate surface area is 127 Å². The average Bonchev–Trinajstić information content (AvgIpc) is 2.85. The van der Waals surface area contributed by atoms with Crippen molar-refractivity contribution >= 4 is 11.8 Å². The van der Waals surface area contributed by atoms with Crippen LogP contribution in [-0.2, 0) is 14.3 Å². The quantitative estimate of drug-likeness (QED) is 0.840. The summed E-state index contributed by atoms with van der Waals surface area (Å²) in [6, 6.07) is -0.230. The van der Waals surface area contributed by atoms with Crippen LogP contribution >= 0.6 is 0 Å². The molecule has 2 rings (SSSR count). The Morgan fingerprint density at radius 3 is 2.57 bits per heavy atom. The van der Waals surface area contributed by atoms with Crippen LogP contribution in [0.25, 0.3) is 0 Å². The number of methoxy groups -OCH3 is 1. The molecule has 2 amide bonds. The van der Waals surface area contributed by atoms with E-state index in [1.807, 2.05) is 6.92 Å². The van der Waals surface area contributed by atoms with Crippen LogP contribution in [0.15, 0.2) is 0 Å². The summed E-state index contributed by atoms with van der Waals surface area (Å²) in [5.41, 5.74) is -0.305. The molecule has 3 atom stereocenters. The molecule has 0 radical (unpaired) electrons. The van der Waals surface area contributed by atoms with Crippen molar-refractivity contribution in [2.45, 2.75) is 71.1 Å². The average molecular weight is 296 g/mol. The lowest BCUT2D eigenvalue weighted by atomic mass is 9.56. The van der Waals surface area contributed by atoms with Crippen molar-refractivity contribution in [3.8, 4) is 0 Å². The van der Waals surface area contributed by atoms with E-state index in [9.17, 15) is 9.59 Å². The Morgan fingerprint density at radius 2 is 2.14 bits per heavy atom. The third kappa shape index (κ3) is 2.56. The van der Waals surface area contributed by atoms with E-state index in [0.29, 0.717) is 19.4 Å². The van der Waals surface area contributed by atoms with Crippen LogP contribution in [0.3, 0.4) is 0 Å². The molecule has 0 aromatic rings. The van der Waals surface area contributed by atoms with Crippen LogP contribution in [-0.4, -0.2) is 48.1 Å². The fourth-order valence-corrected chi connectivity index (χ4v) is 3.54. The van der Waals surface area contributed by atoms with Crippen molar-refractivity contribution < 1.29 is 14.3 Å². The van der Waals surface area contributed by atoms with Gasteiger partial charge in [0.1, 0.15) is 6.04 Å². The summed E-state index contributed by atoms with van der Waals surface area (Å²) < 4.78 is 5.59. The van der Waals surface area contributed by atoms with E-state index < -0.39 is 0 Å². The van der Waals surface area contributed by atoms with Gasteiger partial charge in [-0.15, -0.1) is 0 Å². The molecule has 2 aliphatic rings. The number of amides is 2. The van der Waals surface area contributed by atoms with E-state index in [1.54, 1.807) is 12.0 Å². The van der Waals surface area contributed by atoms with Gasteiger partial charge in [0.25, 0.3) is 0 Å². The summed E-state index contributed by atoms with van der Waals surface area (Å²) in [6.45, 7) is 8.98. The Kier molecular flexibility index (Phi) is 4.34. The number of nitrogens with one attached hydrogen (secondary N) is 1. The molecular weight excluding hydrogens is 268 g/mol. The van der Waals surface area contributed by atoms with Crippen molar-refractivity contribution in [3.63, 3.8) is 0 Å². The standard InChI is InChI=1S/C16H28N2O3/c1-6-11(18-9-7-8-13(18)19)14(20)17-12-10-16(4,21-5)15(12,2)3/h11-12H,6-10H2,1-5H3,(H,17,20)/t11-,12-,16-/m1/s1. The SMILES string of the molecule is CC[C@H](C(=O)N[C@@H]1C[C@@](C)(OC)C1(C)C)N1CCCC1=O. The van der Waals surface area contributed by atoms with Crippen LogP contribution in [0, 0.1) is 5.41 Å². The molecule has 2 fully saturated rings. The summed E-state index contributed by atoms with van der Waals surface area (Å²) in [6.07, 6.45) is 2.90. The van der Waals surface area contributed by atoms with E-state index in [-0.39, 0.29) is 34.9 Å². The lowest BCUT2D eigenvalue weighted by Gasteiger charge is -2.59. The first-order valence-corrected chi connectivity index (χ1v) is 7.92. The van der Waals surface area contributed by atoms with Gasteiger partial charge < -0.3 is 15.0 Å². The first-order chi connectivity index (χ1) is 9.76. The number of carbonyl (C=O) groups excluding carboxylic acids is 2. The van der Waals surface area contributed by atoms with E-state index in [0.717, 1.165) is 12.8 Å². The van der Waals surface area contributed by atoms with Gasteiger partial charge in [0.05, 0.1) is 5.60 Å². The largest absolute Gasteiger partial charge is 0.378 e. The van der Waals surface area contributed by atoms with Crippen molar-refractivity contribution in [3.05, 3.63) is 0 Å². The highest BCUT2D eigenvalue weighted by Crippen LogP contribution is 2.51. The number of carbonyl (C=O) groups is 2. The van der Waals surface area contributed by atoms with Crippen molar-refractivity contribution in [2.75, 3.05) is 13.7 Å². The predicted molar refractivity (Wildman–Crippen MR) is 80.8 cm³/mol. The first kappa shape index (κ1) is 16.3. The monoisotopic (exact) mass is 296 g/mol. The van der Waals surface area contributed by atoms with E-state index >= 15 is 0 Å². The molecule has 1 aliphatic heterocycles. The molecule has 21 heavy (non-hydrogen) atoms. The summed E-state index contributed by atoms with van der Waals surface area (Å²) in [5, 5.41) is 3.13. The zero-order chi connectivity index (χ0) is 15.8. The normalized spacial score (nSPS) is 32.7. The number of hydrogen-bond donors (Lipinski definition) is 1. The lowest BCUT2D eigenvalue weighted by molar-refractivity contribution is -0.183. The second kappa shape index (κ2) is 5.59. The van der Waals surface area contributed by atoms with Crippen molar-refractivity contribution in [2.24, 2.45) is 5.41 Å². The molecule has 5 nitrogen and oxygen atoms in total. The minimum Gasteiger partial charge on any atom is -0.378 e. The fraction of sp³-hybridized carbons (Fsp3) is 0.875.